The molecule has 0 N–H and O–H groups in total. The number of nitrogens with zero attached hydrogens (tertiary/aromatic N) is 4. The number of hydrogen-bond acceptors (Lipinski definition) is 1. The number of nitriles is 1. The Morgan fingerprint density at radius 2 is 1.04 bits per heavy atom. The van der Waals surface area contributed by atoms with Crippen LogP contribution in [0.4, 0.5) is 5.69 Å². The Bertz CT molecular complexity index is 2470. The molecule has 0 saturated heterocycles. The predicted octanol–water partition coefficient (Wildman–Crippen LogP) is 11.2. The molecule has 0 radical (unpaired) electrons. The zero-order chi connectivity index (χ0) is 31.7. The van der Waals surface area contributed by atoms with Gasteiger partial charge in [-0.1, -0.05) is 84.9 Å². The molecule has 0 saturated carbocycles. The van der Waals surface area contributed by atoms with Crippen LogP contribution in [0.1, 0.15) is 27.8 Å². The van der Waals surface area contributed by atoms with Crippen LogP contribution in [-0.4, -0.2) is 9.13 Å². The molecule has 4 heteroatoms. The summed E-state index contributed by atoms with van der Waals surface area (Å²) in [4.78, 5) is 3.80. The second kappa shape index (κ2) is 10.2. The average molecular weight is 591 g/mol. The lowest BCUT2D eigenvalue weighted by Crippen LogP contribution is -2.04. The summed E-state index contributed by atoms with van der Waals surface area (Å²) < 4.78 is 4.85. The summed E-state index contributed by atoms with van der Waals surface area (Å²) >= 11 is 0. The van der Waals surface area contributed by atoms with Gasteiger partial charge >= 0.3 is 0 Å². The number of para-hydroxylation sites is 4. The van der Waals surface area contributed by atoms with Crippen LogP contribution in [0.3, 0.4) is 0 Å². The van der Waals surface area contributed by atoms with Gasteiger partial charge in [-0.2, -0.15) is 5.26 Å². The first-order chi connectivity index (χ1) is 22.4. The van der Waals surface area contributed by atoms with E-state index < -0.39 is 0 Å². The molecule has 4 nitrogen and oxygen atoms in total. The van der Waals surface area contributed by atoms with Gasteiger partial charge in [0.1, 0.15) is 0 Å². The van der Waals surface area contributed by atoms with Gasteiger partial charge in [0.2, 0.25) is 5.69 Å². The van der Waals surface area contributed by atoms with Crippen molar-refractivity contribution in [3.05, 3.63) is 148 Å². The molecule has 2 heterocycles. The highest BCUT2D eigenvalue weighted by molar-refractivity contribution is 6.26. The number of hydrogen-bond donors (Lipinski definition) is 0. The van der Waals surface area contributed by atoms with Gasteiger partial charge in [0.25, 0.3) is 0 Å². The van der Waals surface area contributed by atoms with Crippen molar-refractivity contribution in [3.63, 3.8) is 0 Å². The molecule has 8 aromatic rings. The second-order valence-electron chi connectivity index (χ2n) is 12.2. The first kappa shape index (κ1) is 27.4. The van der Waals surface area contributed by atoms with Gasteiger partial charge in [0, 0.05) is 27.1 Å². The summed E-state index contributed by atoms with van der Waals surface area (Å²) in [5.41, 5.74) is 14.2. The maximum absolute atomic E-state index is 9.85. The van der Waals surface area contributed by atoms with Crippen LogP contribution in [0.2, 0.25) is 0 Å². The molecule has 0 fully saturated rings. The summed E-state index contributed by atoms with van der Waals surface area (Å²) in [6.07, 6.45) is 0. The number of benzene rings is 6. The molecule has 0 spiro atoms. The van der Waals surface area contributed by atoms with E-state index in [4.69, 9.17) is 6.57 Å². The van der Waals surface area contributed by atoms with Crippen LogP contribution in [0.15, 0.2) is 109 Å². The fourth-order valence-electron chi connectivity index (χ4n) is 7.50. The van der Waals surface area contributed by atoms with Crippen molar-refractivity contribution in [2.45, 2.75) is 27.7 Å². The zero-order valence-electron chi connectivity index (χ0n) is 26.2. The van der Waals surface area contributed by atoms with Gasteiger partial charge < -0.3 is 9.13 Å². The lowest BCUT2D eigenvalue weighted by molar-refractivity contribution is 1.11. The third kappa shape index (κ3) is 3.78. The molecular formula is C42H30N4. The Balaban J connectivity index is 1.73. The SMILES string of the molecule is [C-]#[N+]c1cc(-c2c3c(cc4c5ccccc5n(-c5c(C)cccc5C)c24)c2ccccc2n3-c2c(C)cccc2C)ccc1C#N. The van der Waals surface area contributed by atoms with E-state index in [2.05, 4.69) is 139 Å². The maximum Gasteiger partial charge on any atom is 0.205 e. The minimum absolute atomic E-state index is 0.356. The molecule has 0 aliphatic heterocycles. The minimum atomic E-state index is 0.356. The molecule has 6 aromatic carbocycles. The summed E-state index contributed by atoms with van der Waals surface area (Å²) in [5, 5.41) is 14.5. The Kier molecular flexibility index (Phi) is 6.11. The molecule has 8 rings (SSSR count). The molecule has 46 heavy (non-hydrogen) atoms. The number of rotatable bonds is 3. The normalized spacial score (nSPS) is 11.4. The highest BCUT2D eigenvalue weighted by atomic mass is 15.0. The monoisotopic (exact) mass is 590 g/mol. The van der Waals surface area contributed by atoms with E-state index in [1.807, 2.05) is 12.1 Å². The molecular weight excluding hydrogens is 560 g/mol. The molecule has 0 bridgehead atoms. The average Bonchev–Trinajstić information content (AvgIpc) is 3.56. The lowest BCUT2D eigenvalue weighted by atomic mass is 9.96. The molecule has 0 amide bonds. The van der Waals surface area contributed by atoms with Crippen LogP contribution >= 0.6 is 0 Å². The van der Waals surface area contributed by atoms with Crippen molar-refractivity contribution < 1.29 is 0 Å². The van der Waals surface area contributed by atoms with Crippen molar-refractivity contribution in [1.29, 1.82) is 5.26 Å². The first-order valence-corrected chi connectivity index (χ1v) is 15.5. The van der Waals surface area contributed by atoms with Gasteiger partial charge in [0.05, 0.1) is 51.6 Å². The van der Waals surface area contributed by atoms with Crippen LogP contribution < -0.4 is 0 Å². The fourth-order valence-corrected chi connectivity index (χ4v) is 7.50. The van der Waals surface area contributed by atoms with Gasteiger partial charge in [-0.05, 0) is 79.8 Å². The third-order valence-corrected chi connectivity index (χ3v) is 9.44. The van der Waals surface area contributed by atoms with Gasteiger partial charge in [-0.15, -0.1) is 0 Å². The van der Waals surface area contributed by atoms with Crippen molar-refractivity contribution in [3.8, 4) is 28.6 Å². The summed E-state index contributed by atoms with van der Waals surface area (Å²) in [7, 11) is 0. The van der Waals surface area contributed by atoms with Gasteiger partial charge in [-0.3, -0.25) is 0 Å². The zero-order valence-corrected chi connectivity index (χ0v) is 26.2. The molecule has 2 aromatic heterocycles. The third-order valence-electron chi connectivity index (χ3n) is 9.44. The second-order valence-corrected chi connectivity index (χ2v) is 12.2. The Morgan fingerprint density at radius 3 is 1.50 bits per heavy atom. The fraction of sp³-hybridized carbons (Fsp3) is 0.0952. The number of aromatic nitrogens is 2. The van der Waals surface area contributed by atoms with E-state index >= 15 is 0 Å². The standard InChI is InChI=1S/C42H30N4/c1-25-12-10-13-26(2)39(25)45-36-18-8-6-16-31(36)33-23-34-32-17-7-9-19-37(32)46(40-27(3)14-11-15-28(40)4)42(34)38(41(33)45)29-20-21-30(24-43)35(22-29)44-5/h6-23H,1-4H3. The van der Waals surface area contributed by atoms with Crippen LogP contribution in [-0.2, 0) is 0 Å². The van der Waals surface area contributed by atoms with Crippen molar-refractivity contribution in [2.24, 2.45) is 0 Å². The Hall–Kier alpha value is -6.10. The molecule has 218 valence electrons. The summed E-state index contributed by atoms with van der Waals surface area (Å²) in [6.45, 7) is 16.7. The van der Waals surface area contributed by atoms with Crippen molar-refractivity contribution >= 4 is 49.3 Å². The van der Waals surface area contributed by atoms with E-state index in [0.717, 1.165) is 55.3 Å². The molecule has 0 aliphatic rings. The highest BCUT2D eigenvalue weighted by Gasteiger charge is 2.26. The number of fused-ring (bicyclic) bond motifs is 6. The smallest absolute Gasteiger partial charge is 0.205 e. The maximum atomic E-state index is 9.85. The van der Waals surface area contributed by atoms with E-state index in [9.17, 15) is 5.26 Å². The van der Waals surface area contributed by atoms with Crippen molar-refractivity contribution in [2.75, 3.05) is 0 Å². The molecule has 0 aliphatic carbocycles. The van der Waals surface area contributed by atoms with E-state index in [1.54, 1.807) is 6.07 Å². The van der Waals surface area contributed by atoms with Gasteiger partial charge in [-0.25, -0.2) is 4.85 Å². The summed E-state index contributed by atoms with van der Waals surface area (Å²) in [6, 6.07) is 40.5. The Morgan fingerprint density at radius 1 is 0.565 bits per heavy atom. The largest absolute Gasteiger partial charge is 0.308 e. The van der Waals surface area contributed by atoms with E-state index in [-0.39, 0.29) is 0 Å². The Labute approximate surface area is 267 Å². The lowest BCUT2D eigenvalue weighted by Gasteiger charge is -2.20. The number of aryl methyl sites for hydroxylation is 4. The quantitative estimate of drug-likeness (QED) is 0.189. The van der Waals surface area contributed by atoms with Crippen LogP contribution in [0.25, 0.3) is 71.0 Å². The predicted molar refractivity (Wildman–Crippen MR) is 190 cm³/mol. The first-order valence-electron chi connectivity index (χ1n) is 15.5. The van der Waals surface area contributed by atoms with E-state index in [1.165, 1.54) is 33.0 Å². The topological polar surface area (TPSA) is 38.0 Å². The highest BCUT2D eigenvalue weighted by Crippen LogP contribution is 2.48. The van der Waals surface area contributed by atoms with Crippen molar-refractivity contribution in [1.82, 2.24) is 9.13 Å². The summed E-state index contributed by atoms with van der Waals surface area (Å²) in [5.74, 6) is 0. The molecule has 0 unspecified atom stereocenters. The molecule has 0 atom stereocenters. The van der Waals surface area contributed by atoms with Crippen LogP contribution in [0.5, 0.6) is 0 Å². The van der Waals surface area contributed by atoms with E-state index in [0.29, 0.717) is 11.3 Å². The van der Waals surface area contributed by atoms with Gasteiger partial charge in [0.15, 0.2) is 0 Å². The minimum Gasteiger partial charge on any atom is -0.308 e. The van der Waals surface area contributed by atoms with Crippen LogP contribution in [0, 0.1) is 45.6 Å².